The summed E-state index contributed by atoms with van der Waals surface area (Å²) in [4.78, 5) is 0. The predicted octanol–water partition coefficient (Wildman–Crippen LogP) is 5.02. The summed E-state index contributed by atoms with van der Waals surface area (Å²) < 4.78 is 17.1. The molecule has 0 amide bonds. The molecule has 0 spiro atoms. The summed E-state index contributed by atoms with van der Waals surface area (Å²) in [6, 6.07) is 25.9. The van der Waals surface area contributed by atoms with E-state index in [1.54, 1.807) is 21.3 Å². The summed E-state index contributed by atoms with van der Waals surface area (Å²) in [5.41, 5.74) is 4.23. The monoisotopic (exact) mass is 470 g/mol. The largest absolute Gasteiger partial charge is 0.497 e. The molecule has 3 aromatic rings. The summed E-state index contributed by atoms with van der Waals surface area (Å²) in [5, 5.41) is 5.38. The maximum atomic E-state index is 5.72. The summed E-state index contributed by atoms with van der Waals surface area (Å²) >= 11 is 0. The number of allylic oxidation sites excluding steroid dienone is 4. The molecule has 4 rings (SSSR count). The average molecular weight is 471 g/mol. The van der Waals surface area contributed by atoms with Gasteiger partial charge < -0.3 is 14.2 Å². The molecule has 0 bridgehead atoms. The van der Waals surface area contributed by atoms with Gasteiger partial charge >= 0.3 is 0 Å². The third kappa shape index (κ3) is 3.76. The minimum absolute atomic E-state index is 0.329. The van der Waals surface area contributed by atoms with E-state index < -0.39 is 8.07 Å². The number of rotatable bonds is 7. The molecule has 1 aliphatic carbocycles. The molecule has 0 aromatic heterocycles. The lowest BCUT2D eigenvalue weighted by Crippen LogP contribution is -2.69. The Balaban J connectivity index is 2.20. The fourth-order valence-corrected chi connectivity index (χ4v) is 11.2. The van der Waals surface area contributed by atoms with Crippen LogP contribution in [-0.4, -0.2) is 29.4 Å². The van der Waals surface area contributed by atoms with E-state index in [0.717, 1.165) is 17.2 Å². The van der Waals surface area contributed by atoms with Crippen LogP contribution in [0.15, 0.2) is 94.7 Å². The van der Waals surface area contributed by atoms with Crippen LogP contribution in [0, 0.1) is 5.92 Å². The number of ether oxygens (including phenoxy) is 3. The van der Waals surface area contributed by atoms with Gasteiger partial charge in [0.1, 0.15) is 17.2 Å². The minimum atomic E-state index is -2.75. The van der Waals surface area contributed by atoms with Crippen LogP contribution in [0.25, 0.3) is 0 Å². The van der Waals surface area contributed by atoms with Crippen molar-refractivity contribution in [3.8, 4) is 17.2 Å². The SMILES string of the molecule is COc1cccc([Si](C2=C(C)C(C)=C(C)C2C)(c2cccc(OC)c2)c2cccc(OC)c2)c1. The minimum Gasteiger partial charge on any atom is -0.497 e. The Bertz CT molecular complexity index is 1160. The third-order valence-corrected chi connectivity index (χ3v) is 12.7. The molecule has 0 fully saturated rings. The molecule has 1 unspecified atom stereocenters. The summed E-state index contributed by atoms with van der Waals surface area (Å²) in [5.74, 6) is 2.93. The predicted molar refractivity (Wildman–Crippen MR) is 144 cm³/mol. The highest BCUT2D eigenvalue weighted by Crippen LogP contribution is 2.41. The maximum absolute atomic E-state index is 5.72. The average Bonchev–Trinajstić information content (AvgIpc) is 3.08. The molecule has 4 heteroatoms. The van der Waals surface area contributed by atoms with Gasteiger partial charge in [-0.05, 0) is 84.2 Å². The first kappa shape index (κ1) is 23.9. The van der Waals surface area contributed by atoms with Crippen LogP contribution in [0.4, 0.5) is 0 Å². The number of hydrogen-bond acceptors (Lipinski definition) is 3. The molecule has 0 saturated heterocycles. The van der Waals surface area contributed by atoms with Gasteiger partial charge in [0.2, 0.25) is 0 Å². The fourth-order valence-electron chi connectivity index (χ4n) is 5.51. The lowest BCUT2D eigenvalue weighted by Gasteiger charge is -2.39. The van der Waals surface area contributed by atoms with E-state index in [4.69, 9.17) is 14.2 Å². The normalized spacial score (nSPS) is 16.1. The Labute approximate surface area is 204 Å². The zero-order valence-electron chi connectivity index (χ0n) is 21.2. The molecule has 0 radical (unpaired) electrons. The second-order valence-corrected chi connectivity index (χ2v) is 12.8. The zero-order chi connectivity index (χ0) is 24.5. The molecule has 1 atom stereocenters. The van der Waals surface area contributed by atoms with Crippen LogP contribution in [0.5, 0.6) is 17.2 Å². The Kier molecular flexibility index (Phi) is 6.71. The Morgan fingerprint density at radius 2 is 0.971 bits per heavy atom. The quantitative estimate of drug-likeness (QED) is 0.358. The second-order valence-electron chi connectivity index (χ2n) is 9.01. The summed E-state index contributed by atoms with van der Waals surface area (Å²) in [6.45, 7) is 9.18. The molecular formula is C30H34O3Si. The van der Waals surface area contributed by atoms with Crippen molar-refractivity contribution in [3.63, 3.8) is 0 Å². The summed E-state index contributed by atoms with van der Waals surface area (Å²) in [7, 11) is 2.46. The van der Waals surface area contributed by atoms with E-state index in [-0.39, 0.29) is 0 Å². The van der Waals surface area contributed by atoms with Gasteiger partial charge in [-0.2, -0.15) is 0 Å². The van der Waals surface area contributed by atoms with Crippen molar-refractivity contribution < 1.29 is 14.2 Å². The van der Waals surface area contributed by atoms with Crippen LogP contribution >= 0.6 is 0 Å². The van der Waals surface area contributed by atoms with Gasteiger partial charge in [0, 0.05) is 0 Å². The van der Waals surface area contributed by atoms with E-state index in [1.165, 1.54) is 37.5 Å². The van der Waals surface area contributed by atoms with Crippen LogP contribution in [0.1, 0.15) is 27.7 Å². The van der Waals surface area contributed by atoms with E-state index in [2.05, 4.69) is 82.3 Å². The van der Waals surface area contributed by atoms with Crippen molar-refractivity contribution in [3.05, 3.63) is 94.7 Å². The van der Waals surface area contributed by atoms with Gasteiger partial charge in [-0.25, -0.2) is 0 Å². The van der Waals surface area contributed by atoms with Crippen LogP contribution in [0.2, 0.25) is 0 Å². The lowest BCUT2D eigenvalue weighted by molar-refractivity contribution is 0.415. The van der Waals surface area contributed by atoms with E-state index in [0.29, 0.717) is 5.92 Å². The molecule has 176 valence electrons. The van der Waals surface area contributed by atoms with Crippen LogP contribution in [-0.2, 0) is 0 Å². The van der Waals surface area contributed by atoms with E-state index in [1.807, 2.05) is 18.2 Å². The molecule has 34 heavy (non-hydrogen) atoms. The highest BCUT2D eigenvalue weighted by molar-refractivity contribution is 7.16. The number of methoxy groups -OCH3 is 3. The number of benzene rings is 3. The molecule has 0 heterocycles. The molecule has 3 nitrogen and oxygen atoms in total. The van der Waals surface area contributed by atoms with Crippen molar-refractivity contribution in [2.45, 2.75) is 27.7 Å². The maximum Gasteiger partial charge on any atom is 0.176 e. The van der Waals surface area contributed by atoms with Crippen molar-refractivity contribution in [2.75, 3.05) is 21.3 Å². The highest BCUT2D eigenvalue weighted by atomic mass is 28.3. The van der Waals surface area contributed by atoms with Gasteiger partial charge in [-0.3, -0.25) is 0 Å². The Morgan fingerprint density at radius 1 is 0.588 bits per heavy atom. The van der Waals surface area contributed by atoms with Gasteiger partial charge in [0.25, 0.3) is 0 Å². The van der Waals surface area contributed by atoms with Crippen molar-refractivity contribution in [1.29, 1.82) is 0 Å². The van der Waals surface area contributed by atoms with E-state index in [9.17, 15) is 0 Å². The van der Waals surface area contributed by atoms with Crippen LogP contribution < -0.4 is 29.8 Å². The molecule has 3 aromatic carbocycles. The second kappa shape index (κ2) is 9.55. The molecule has 0 N–H and O–H groups in total. The molecule has 1 aliphatic rings. The van der Waals surface area contributed by atoms with Gasteiger partial charge in [0.15, 0.2) is 8.07 Å². The molecular weight excluding hydrogens is 436 g/mol. The van der Waals surface area contributed by atoms with Crippen molar-refractivity contribution in [2.24, 2.45) is 5.92 Å². The van der Waals surface area contributed by atoms with Crippen LogP contribution in [0.3, 0.4) is 0 Å². The van der Waals surface area contributed by atoms with Gasteiger partial charge in [-0.1, -0.05) is 59.7 Å². The van der Waals surface area contributed by atoms with E-state index >= 15 is 0 Å². The third-order valence-electron chi connectivity index (χ3n) is 7.55. The smallest absolute Gasteiger partial charge is 0.176 e. The van der Waals surface area contributed by atoms with Gasteiger partial charge in [0.05, 0.1) is 21.3 Å². The summed E-state index contributed by atoms with van der Waals surface area (Å²) in [6.07, 6.45) is 0. The lowest BCUT2D eigenvalue weighted by atomic mass is 10.1. The standard InChI is InChI=1S/C30H34O3Si/c1-20-21(2)23(4)30(22(20)3)34(27-14-8-11-24(17-27)31-5,28-15-9-12-25(18-28)32-6)29-16-10-13-26(19-29)33-7/h8-19,22H,1-7H3. The Hall–Kier alpha value is -3.24. The first-order valence-electron chi connectivity index (χ1n) is 11.7. The highest BCUT2D eigenvalue weighted by Gasteiger charge is 2.48. The Morgan fingerprint density at radius 3 is 1.26 bits per heavy atom. The zero-order valence-corrected chi connectivity index (χ0v) is 22.2. The van der Waals surface area contributed by atoms with Crippen molar-refractivity contribution >= 4 is 23.6 Å². The first-order chi connectivity index (χ1) is 16.4. The van der Waals surface area contributed by atoms with Gasteiger partial charge in [-0.15, -0.1) is 0 Å². The molecule has 0 aliphatic heterocycles. The molecule has 0 saturated carbocycles. The van der Waals surface area contributed by atoms with Crippen molar-refractivity contribution in [1.82, 2.24) is 0 Å². The fraction of sp³-hybridized carbons (Fsp3) is 0.267. The number of hydrogen-bond donors (Lipinski definition) is 0. The first-order valence-corrected chi connectivity index (χ1v) is 13.7. The topological polar surface area (TPSA) is 27.7 Å².